The first-order chi connectivity index (χ1) is 9.77. The van der Waals surface area contributed by atoms with Crippen LogP contribution in [0.15, 0.2) is 24.3 Å². The summed E-state index contributed by atoms with van der Waals surface area (Å²) in [7, 11) is 1.31. The lowest BCUT2D eigenvalue weighted by molar-refractivity contribution is -0.163. The first-order valence-electron chi connectivity index (χ1n) is 5.63. The minimum absolute atomic E-state index is 0.157. The maximum Gasteiger partial charge on any atom is 0.383 e. The Bertz CT molecular complexity index is 523. The molecule has 0 aliphatic carbocycles. The highest BCUT2D eigenvalue weighted by atomic mass is 19.3. The molecule has 0 bridgehead atoms. The van der Waals surface area contributed by atoms with E-state index in [1.165, 1.54) is 25.3 Å². The summed E-state index contributed by atoms with van der Waals surface area (Å²) in [6, 6.07) is 5.13. The van der Waals surface area contributed by atoms with Crippen molar-refractivity contribution in [3.63, 3.8) is 0 Å². The highest BCUT2D eigenvalue weighted by molar-refractivity contribution is 5.97. The Labute approximate surface area is 117 Å². The molecular weight excluding hydrogens is 296 g/mol. The molecule has 0 radical (unpaired) electrons. The largest absolute Gasteiger partial charge is 0.383 e. The van der Waals surface area contributed by atoms with Gasteiger partial charge in [0.2, 0.25) is 5.91 Å². The van der Waals surface area contributed by atoms with Crippen LogP contribution in [0.4, 0.5) is 28.9 Å². The third-order valence-electron chi connectivity index (χ3n) is 2.26. The molecule has 5 nitrogen and oxygen atoms in total. The fourth-order valence-electron chi connectivity index (χ4n) is 1.32. The van der Waals surface area contributed by atoms with Crippen molar-refractivity contribution in [2.45, 2.75) is 12.3 Å². The first kappa shape index (κ1) is 16.9. The van der Waals surface area contributed by atoms with Crippen molar-refractivity contribution in [3.05, 3.63) is 24.3 Å². The van der Waals surface area contributed by atoms with Gasteiger partial charge in [0.15, 0.2) is 0 Å². The van der Waals surface area contributed by atoms with Gasteiger partial charge in [0.05, 0.1) is 0 Å². The SMILES string of the molecule is COCC(=O)Nc1cccc(NC(=O)C(F)(F)C(F)F)c1. The van der Waals surface area contributed by atoms with Crippen LogP contribution >= 0.6 is 0 Å². The van der Waals surface area contributed by atoms with Gasteiger partial charge in [-0.2, -0.15) is 8.78 Å². The van der Waals surface area contributed by atoms with Crippen molar-refractivity contribution in [3.8, 4) is 0 Å². The van der Waals surface area contributed by atoms with E-state index in [2.05, 4.69) is 10.1 Å². The summed E-state index contributed by atoms with van der Waals surface area (Å²) < 4.78 is 54.2. The van der Waals surface area contributed by atoms with Crippen LogP contribution in [0.5, 0.6) is 0 Å². The molecule has 0 saturated carbocycles. The summed E-state index contributed by atoms with van der Waals surface area (Å²) in [6.07, 6.45) is -4.11. The molecule has 0 spiro atoms. The zero-order chi connectivity index (χ0) is 16.0. The number of alkyl halides is 4. The Morgan fingerprint density at radius 3 is 2.33 bits per heavy atom. The minimum Gasteiger partial charge on any atom is -0.375 e. The van der Waals surface area contributed by atoms with Crippen LogP contribution in [0.3, 0.4) is 0 Å². The molecule has 0 aliphatic rings. The van der Waals surface area contributed by atoms with Crippen LogP contribution in [-0.2, 0) is 14.3 Å². The van der Waals surface area contributed by atoms with E-state index in [9.17, 15) is 27.2 Å². The normalized spacial score (nSPS) is 11.3. The third-order valence-corrected chi connectivity index (χ3v) is 2.26. The number of hydrogen-bond donors (Lipinski definition) is 2. The van der Waals surface area contributed by atoms with Gasteiger partial charge in [-0.05, 0) is 18.2 Å². The molecule has 0 heterocycles. The lowest BCUT2D eigenvalue weighted by atomic mass is 10.2. The highest BCUT2D eigenvalue weighted by Crippen LogP contribution is 2.25. The molecule has 1 aromatic rings. The van der Waals surface area contributed by atoms with Gasteiger partial charge in [-0.3, -0.25) is 9.59 Å². The number of rotatable bonds is 6. The minimum atomic E-state index is -4.80. The Kier molecular flexibility index (Phi) is 5.65. The van der Waals surface area contributed by atoms with Crippen LogP contribution in [0, 0.1) is 0 Å². The average Bonchev–Trinajstić information content (AvgIpc) is 2.38. The molecule has 1 rings (SSSR count). The number of carbonyl (C=O) groups excluding carboxylic acids is 2. The van der Waals surface area contributed by atoms with Gasteiger partial charge in [0.25, 0.3) is 0 Å². The van der Waals surface area contributed by atoms with Crippen LogP contribution in [0.25, 0.3) is 0 Å². The number of anilines is 2. The molecular formula is C12H12F4N2O3. The second-order valence-electron chi connectivity index (χ2n) is 3.94. The zero-order valence-corrected chi connectivity index (χ0v) is 10.8. The summed E-state index contributed by atoms with van der Waals surface area (Å²) in [4.78, 5) is 22.3. The maximum atomic E-state index is 12.8. The summed E-state index contributed by atoms with van der Waals surface area (Å²) in [6.45, 7) is -0.222. The number of halogens is 4. The molecule has 0 aliphatic heterocycles. The maximum absolute atomic E-state index is 12.8. The molecule has 9 heteroatoms. The Hall–Kier alpha value is -2.16. The quantitative estimate of drug-likeness (QED) is 0.791. The average molecular weight is 308 g/mol. The number of benzene rings is 1. The van der Waals surface area contributed by atoms with Gasteiger partial charge in [-0.25, -0.2) is 8.78 Å². The summed E-state index contributed by atoms with van der Waals surface area (Å²) in [5.41, 5.74) is 0.0331. The molecule has 0 atom stereocenters. The second kappa shape index (κ2) is 7.02. The first-order valence-corrected chi connectivity index (χ1v) is 5.63. The molecule has 0 fully saturated rings. The Morgan fingerprint density at radius 1 is 1.24 bits per heavy atom. The molecule has 2 N–H and O–H groups in total. The van der Waals surface area contributed by atoms with Crippen LogP contribution in [0.1, 0.15) is 0 Å². The molecule has 116 valence electrons. The van der Waals surface area contributed by atoms with Gasteiger partial charge in [-0.1, -0.05) is 6.07 Å². The molecule has 0 unspecified atom stereocenters. The smallest absolute Gasteiger partial charge is 0.375 e. The fourth-order valence-corrected chi connectivity index (χ4v) is 1.32. The fraction of sp³-hybridized carbons (Fsp3) is 0.333. The third kappa shape index (κ3) is 4.71. The van der Waals surface area contributed by atoms with Crippen LogP contribution in [0.2, 0.25) is 0 Å². The standard InChI is InChI=1S/C12H12F4N2O3/c1-21-6-9(19)17-7-3-2-4-8(5-7)18-11(20)12(15,16)10(13)14/h2-5,10H,6H2,1H3,(H,17,19)(H,18,20). The molecule has 0 aromatic heterocycles. The topological polar surface area (TPSA) is 67.4 Å². The molecule has 21 heavy (non-hydrogen) atoms. The van der Waals surface area contributed by atoms with Gasteiger partial charge in [0, 0.05) is 18.5 Å². The van der Waals surface area contributed by atoms with E-state index in [0.717, 1.165) is 6.07 Å². The van der Waals surface area contributed by atoms with E-state index >= 15 is 0 Å². The van der Waals surface area contributed by atoms with Gasteiger partial charge < -0.3 is 15.4 Å². The van der Waals surface area contributed by atoms with Crippen molar-refractivity contribution in [1.82, 2.24) is 0 Å². The Balaban J connectivity index is 2.77. The molecule has 2 amide bonds. The predicted octanol–water partition coefficient (Wildman–Crippen LogP) is 2.11. The number of nitrogens with one attached hydrogen (secondary N) is 2. The lowest BCUT2D eigenvalue weighted by Crippen LogP contribution is -2.40. The van der Waals surface area contributed by atoms with Gasteiger partial charge in [-0.15, -0.1) is 0 Å². The van der Waals surface area contributed by atoms with Crippen molar-refractivity contribution in [2.75, 3.05) is 24.4 Å². The number of carbonyl (C=O) groups is 2. The monoisotopic (exact) mass is 308 g/mol. The number of hydrogen-bond acceptors (Lipinski definition) is 3. The van der Waals surface area contributed by atoms with E-state index in [4.69, 9.17) is 0 Å². The van der Waals surface area contributed by atoms with E-state index in [1.807, 2.05) is 0 Å². The Morgan fingerprint density at radius 2 is 1.81 bits per heavy atom. The molecule has 0 saturated heterocycles. The van der Waals surface area contributed by atoms with Crippen molar-refractivity contribution >= 4 is 23.2 Å². The van der Waals surface area contributed by atoms with Gasteiger partial charge >= 0.3 is 18.3 Å². The predicted molar refractivity (Wildman–Crippen MR) is 66.5 cm³/mol. The number of ether oxygens (including phenoxy) is 1. The van der Waals surface area contributed by atoms with Crippen LogP contribution < -0.4 is 10.6 Å². The number of methoxy groups -OCH3 is 1. The van der Waals surface area contributed by atoms with Gasteiger partial charge in [0.1, 0.15) is 6.61 Å². The van der Waals surface area contributed by atoms with E-state index in [0.29, 0.717) is 0 Å². The zero-order valence-electron chi connectivity index (χ0n) is 10.8. The van der Waals surface area contributed by atoms with E-state index < -0.39 is 24.2 Å². The second-order valence-corrected chi connectivity index (χ2v) is 3.94. The van der Waals surface area contributed by atoms with Crippen molar-refractivity contribution in [1.29, 1.82) is 0 Å². The van der Waals surface area contributed by atoms with E-state index in [1.54, 1.807) is 5.32 Å². The summed E-state index contributed by atoms with van der Waals surface area (Å²) in [5.74, 6) is -7.42. The lowest BCUT2D eigenvalue weighted by Gasteiger charge is -2.15. The highest BCUT2D eigenvalue weighted by Gasteiger charge is 2.48. The molecule has 1 aromatic carbocycles. The van der Waals surface area contributed by atoms with Crippen LogP contribution in [-0.4, -0.2) is 37.9 Å². The number of amides is 2. The van der Waals surface area contributed by atoms with E-state index in [-0.39, 0.29) is 18.0 Å². The van der Waals surface area contributed by atoms with Crippen molar-refractivity contribution in [2.24, 2.45) is 0 Å². The summed E-state index contributed by atoms with van der Waals surface area (Å²) in [5, 5.41) is 4.02. The summed E-state index contributed by atoms with van der Waals surface area (Å²) >= 11 is 0. The van der Waals surface area contributed by atoms with Crippen molar-refractivity contribution < 1.29 is 31.9 Å².